The number of rotatable bonds is 8. The van der Waals surface area contributed by atoms with Crippen LogP contribution in [0, 0.1) is 0 Å². The summed E-state index contributed by atoms with van der Waals surface area (Å²) in [6, 6.07) is 93.3. The number of fused-ring (bicyclic) bond motifs is 2. The highest BCUT2D eigenvalue weighted by atomic mass is 14.3. The first-order chi connectivity index (χ1) is 30.8. The fourth-order valence-electron chi connectivity index (χ4n) is 9.66. The van der Waals surface area contributed by atoms with Crippen molar-refractivity contribution in [2.75, 3.05) is 0 Å². The van der Waals surface area contributed by atoms with Crippen LogP contribution in [0.1, 0.15) is 0 Å². The second-order valence-electron chi connectivity index (χ2n) is 15.9. The first-order valence-corrected chi connectivity index (χ1v) is 21.4. The van der Waals surface area contributed by atoms with E-state index in [-0.39, 0.29) is 0 Å². The van der Waals surface area contributed by atoms with Gasteiger partial charge in [0.05, 0.1) is 0 Å². The first-order valence-electron chi connectivity index (χ1n) is 21.4. The van der Waals surface area contributed by atoms with Crippen LogP contribution in [0.25, 0.3) is 111 Å². The SMILES string of the molecule is c1ccc(-c2cc3cc4c(-c5ccccc5)c(-c5ccccc5)c(-c5ccccc5)c(-c5ccccc5)c4c(-c4ccccc4)c3c(-c3ccccc3)c2-c2ccccc2)cc1. The van der Waals surface area contributed by atoms with E-state index in [0.29, 0.717) is 0 Å². The van der Waals surface area contributed by atoms with Crippen molar-refractivity contribution in [1.29, 1.82) is 0 Å². The van der Waals surface area contributed by atoms with Crippen molar-refractivity contribution in [3.8, 4) is 89.0 Å². The molecule has 0 aromatic heterocycles. The Kier molecular flexibility index (Phi) is 9.65. The van der Waals surface area contributed by atoms with Crippen LogP contribution >= 0.6 is 0 Å². The zero-order valence-corrected chi connectivity index (χ0v) is 34.2. The standard InChI is InChI=1S/C62H42/c1-9-25-43(26-10-1)52-41-51-42-53-55(45-29-13-3-14-30-45)57(47-33-17-5-18-34-47)58(48-35-19-6-20-36-48)59(49-37-21-7-22-38-49)62(53)60(50-39-23-8-24-40-50)61(51)56(46-31-15-4-16-32-46)54(52)44-27-11-2-12-28-44/h1-42H. The molecule has 0 atom stereocenters. The molecule has 0 bridgehead atoms. The highest BCUT2D eigenvalue weighted by Crippen LogP contribution is 2.57. The Morgan fingerprint density at radius 3 is 0.839 bits per heavy atom. The highest BCUT2D eigenvalue weighted by molar-refractivity contribution is 6.30. The molecule has 11 rings (SSSR count). The normalized spacial score (nSPS) is 11.2. The minimum atomic E-state index is 1.18. The van der Waals surface area contributed by atoms with Gasteiger partial charge in [-0.1, -0.05) is 243 Å². The Bertz CT molecular complexity index is 3310. The third-order valence-electron chi connectivity index (χ3n) is 12.2. The third kappa shape index (κ3) is 6.51. The minimum absolute atomic E-state index is 1.18. The monoisotopic (exact) mass is 786 g/mol. The summed E-state index contributed by atoms with van der Waals surface area (Å²) in [6.45, 7) is 0. The van der Waals surface area contributed by atoms with E-state index in [1.807, 2.05) is 0 Å². The van der Waals surface area contributed by atoms with Gasteiger partial charge in [-0.2, -0.15) is 0 Å². The van der Waals surface area contributed by atoms with Crippen LogP contribution in [0.3, 0.4) is 0 Å². The zero-order chi connectivity index (χ0) is 41.2. The van der Waals surface area contributed by atoms with Crippen molar-refractivity contribution >= 4 is 21.5 Å². The lowest BCUT2D eigenvalue weighted by Gasteiger charge is -2.28. The van der Waals surface area contributed by atoms with E-state index in [1.165, 1.54) is 111 Å². The molecule has 0 unspecified atom stereocenters. The molecular weight excluding hydrogens is 745 g/mol. The number of hydrogen-bond donors (Lipinski definition) is 0. The molecule has 0 spiro atoms. The summed E-state index contributed by atoms with van der Waals surface area (Å²) in [6.07, 6.45) is 0. The summed E-state index contributed by atoms with van der Waals surface area (Å²) in [7, 11) is 0. The van der Waals surface area contributed by atoms with Crippen molar-refractivity contribution < 1.29 is 0 Å². The zero-order valence-electron chi connectivity index (χ0n) is 34.2. The van der Waals surface area contributed by atoms with Crippen molar-refractivity contribution in [2.45, 2.75) is 0 Å². The van der Waals surface area contributed by atoms with Gasteiger partial charge in [-0.15, -0.1) is 0 Å². The van der Waals surface area contributed by atoms with Crippen LogP contribution in [0.4, 0.5) is 0 Å². The number of hydrogen-bond acceptors (Lipinski definition) is 0. The molecule has 11 aromatic carbocycles. The molecule has 62 heavy (non-hydrogen) atoms. The van der Waals surface area contributed by atoms with Crippen molar-refractivity contribution in [3.05, 3.63) is 255 Å². The van der Waals surface area contributed by atoms with E-state index in [2.05, 4.69) is 255 Å². The molecular formula is C62H42. The third-order valence-corrected chi connectivity index (χ3v) is 12.2. The largest absolute Gasteiger partial charge is 0.0622 e. The lowest BCUT2D eigenvalue weighted by molar-refractivity contribution is 1.56. The van der Waals surface area contributed by atoms with E-state index in [4.69, 9.17) is 0 Å². The van der Waals surface area contributed by atoms with Gasteiger partial charge >= 0.3 is 0 Å². The van der Waals surface area contributed by atoms with Crippen LogP contribution < -0.4 is 0 Å². The molecule has 290 valence electrons. The average Bonchev–Trinajstić information content (AvgIpc) is 3.36. The molecule has 0 nitrogen and oxygen atoms in total. The predicted molar refractivity (Wildman–Crippen MR) is 265 cm³/mol. The minimum Gasteiger partial charge on any atom is -0.0622 e. The van der Waals surface area contributed by atoms with Gasteiger partial charge in [0.2, 0.25) is 0 Å². The Morgan fingerprint density at radius 1 is 0.177 bits per heavy atom. The predicted octanol–water partition coefficient (Wildman–Crippen LogP) is 17.3. The molecule has 0 fully saturated rings. The first kappa shape index (κ1) is 37.0. The summed E-state index contributed by atoms with van der Waals surface area (Å²) in [5.41, 5.74) is 19.2. The summed E-state index contributed by atoms with van der Waals surface area (Å²) < 4.78 is 0. The molecule has 11 aromatic rings. The van der Waals surface area contributed by atoms with Gasteiger partial charge < -0.3 is 0 Å². The summed E-state index contributed by atoms with van der Waals surface area (Å²) in [4.78, 5) is 0. The van der Waals surface area contributed by atoms with Crippen LogP contribution in [0.15, 0.2) is 255 Å². The molecule has 0 heterocycles. The number of benzene rings is 11. The van der Waals surface area contributed by atoms with E-state index >= 15 is 0 Å². The molecule has 0 amide bonds. The average molecular weight is 787 g/mol. The molecule has 0 radical (unpaired) electrons. The van der Waals surface area contributed by atoms with E-state index < -0.39 is 0 Å². The van der Waals surface area contributed by atoms with Gasteiger partial charge in [-0.05, 0) is 123 Å². The van der Waals surface area contributed by atoms with Gasteiger partial charge in [0, 0.05) is 0 Å². The van der Waals surface area contributed by atoms with Crippen molar-refractivity contribution in [2.24, 2.45) is 0 Å². The Hall–Kier alpha value is -8.06. The quantitative estimate of drug-likeness (QED) is 0.135. The molecule has 0 saturated heterocycles. The van der Waals surface area contributed by atoms with E-state index in [1.54, 1.807) is 0 Å². The topological polar surface area (TPSA) is 0 Å². The molecule has 0 saturated carbocycles. The summed E-state index contributed by atoms with van der Waals surface area (Å²) >= 11 is 0. The van der Waals surface area contributed by atoms with Crippen LogP contribution in [-0.2, 0) is 0 Å². The Labute approximate surface area is 363 Å². The molecule has 0 aliphatic carbocycles. The van der Waals surface area contributed by atoms with Gasteiger partial charge in [0.25, 0.3) is 0 Å². The van der Waals surface area contributed by atoms with Crippen LogP contribution in [0.5, 0.6) is 0 Å². The van der Waals surface area contributed by atoms with E-state index in [0.717, 1.165) is 0 Å². The molecule has 0 heteroatoms. The maximum atomic E-state index is 2.51. The second kappa shape index (κ2) is 16.2. The maximum absolute atomic E-state index is 2.51. The van der Waals surface area contributed by atoms with Gasteiger partial charge in [-0.3, -0.25) is 0 Å². The summed E-state index contributed by atoms with van der Waals surface area (Å²) in [5, 5.41) is 4.87. The molecule has 0 N–H and O–H groups in total. The Morgan fingerprint density at radius 2 is 0.452 bits per heavy atom. The van der Waals surface area contributed by atoms with Gasteiger partial charge in [-0.25, -0.2) is 0 Å². The van der Waals surface area contributed by atoms with Crippen LogP contribution in [-0.4, -0.2) is 0 Å². The van der Waals surface area contributed by atoms with Crippen molar-refractivity contribution in [3.63, 3.8) is 0 Å². The van der Waals surface area contributed by atoms with Crippen molar-refractivity contribution in [1.82, 2.24) is 0 Å². The van der Waals surface area contributed by atoms with E-state index in [9.17, 15) is 0 Å². The van der Waals surface area contributed by atoms with Gasteiger partial charge in [0.1, 0.15) is 0 Å². The highest BCUT2D eigenvalue weighted by Gasteiger charge is 2.29. The summed E-state index contributed by atoms with van der Waals surface area (Å²) in [5.74, 6) is 0. The smallest absolute Gasteiger partial charge is 0.000719 e. The molecule has 0 aliphatic rings. The maximum Gasteiger partial charge on any atom is -0.000719 e. The van der Waals surface area contributed by atoms with Gasteiger partial charge in [0.15, 0.2) is 0 Å². The fourth-order valence-corrected chi connectivity index (χ4v) is 9.66. The second-order valence-corrected chi connectivity index (χ2v) is 15.9. The molecule has 0 aliphatic heterocycles. The Balaban J connectivity index is 1.50. The van der Waals surface area contributed by atoms with Crippen LogP contribution in [0.2, 0.25) is 0 Å². The lowest BCUT2D eigenvalue weighted by atomic mass is 9.74. The lowest BCUT2D eigenvalue weighted by Crippen LogP contribution is -2.01. The fraction of sp³-hybridized carbons (Fsp3) is 0.